The molecule has 0 bridgehead atoms. The Labute approximate surface area is 90.1 Å². The second kappa shape index (κ2) is 6.68. The van der Waals surface area contributed by atoms with Crippen LogP contribution in [0.3, 0.4) is 0 Å². The van der Waals surface area contributed by atoms with Gasteiger partial charge in [-0.15, -0.1) is 0 Å². The van der Waals surface area contributed by atoms with E-state index in [1.54, 1.807) is 0 Å². The molecular weight excluding hydrogens is 186 g/mol. The number of benzene rings is 1. The zero-order valence-corrected chi connectivity index (χ0v) is 8.93. The Balaban J connectivity index is 2.59. The van der Waals surface area contributed by atoms with Crippen molar-refractivity contribution in [3.05, 3.63) is 51.9 Å². The second-order valence-electron chi connectivity index (χ2n) is 3.20. The summed E-state index contributed by atoms with van der Waals surface area (Å²) in [5.41, 5.74) is 10.7. The van der Waals surface area contributed by atoms with E-state index in [1.165, 1.54) is 11.1 Å². The number of hydrogen-bond acceptors (Lipinski definition) is 1. The van der Waals surface area contributed by atoms with Gasteiger partial charge in [0.1, 0.15) is 0 Å². The summed E-state index contributed by atoms with van der Waals surface area (Å²) in [6.07, 6.45) is 5.97. The molecule has 0 aliphatic carbocycles. The topological polar surface area (TPSA) is 48.8 Å². The van der Waals surface area contributed by atoms with E-state index in [1.807, 2.05) is 12.1 Å². The fourth-order valence-electron chi connectivity index (χ4n) is 1.41. The Bertz CT molecular complexity index is 376. The van der Waals surface area contributed by atoms with Gasteiger partial charge >= 0.3 is 0 Å². The van der Waals surface area contributed by atoms with Crippen LogP contribution in [0.5, 0.6) is 0 Å². The Morgan fingerprint density at radius 1 is 1.40 bits per heavy atom. The lowest BCUT2D eigenvalue weighted by atomic mass is 10.0. The summed E-state index contributed by atoms with van der Waals surface area (Å²) in [7, 11) is 0. The number of hydrogen-bond donors (Lipinski definition) is 0. The lowest BCUT2D eigenvalue weighted by Crippen LogP contribution is -1.84. The molecule has 0 unspecified atom stereocenters. The van der Waals surface area contributed by atoms with Gasteiger partial charge < -0.3 is 0 Å². The Morgan fingerprint density at radius 3 is 2.93 bits per heavy atom. The fourth-order valence-corrected chi connectivity index (χ4v) is 1.41. The third-order valence-corrected chi connectivity index (χ3v) is 2.19. The number of rotatable bonds is 5. The summed E-state index contributed by atoms with van der Waals surface area (Å²) in [5.74, 6) is 0. The molecule has 0 heterocycles. The molecule has 0 radical (unpaired) electrons. The summed E-state index contributed by atoms with van der Waals surface area (Å²) in [6, 6.07) is 8.32. The first kappa shape index (κ1) is 11.3. The maximum absolute atomic E-state index is 8.10. The van der Waals surface area contributed by atoms with Crippen LogP contribution in [0.2, 0.25) is 0 Å². The standard InChI is InChI=1S/C12H15N3/c1-2-11-7-3-4-8-12(11)9-5-6-10-14-15-13/h3-5,7-9H,2,6,10H2,1H3. The van der Waals surface area contributed by atoms with Crippen LogP contribution in [0.25, 0.3) is 16.5 Å². The molecule has 0 saturated heterocycles. The summed E-state index contributed by atoms with van der Waals surface area (Å²) in [6.45, 7) is 2.67. The van der Waals surface area contributed by atoms with E-state index in [0.717, 1.165) is 12.8 Å². The molecule has 0 aromatic heterocycles. The van der Waals surface area contributed by atoms with Gasteiger partial charge in [-0.3, -0.25) is 0 Å². The lowest BCUT2D eigenvalue weighted by molar-refractivity contribution is 0.995. The van der Waals surface area contributed by atoms with Crippen LogP contribution in [0.15, 0.2) is 35.5 Å². The quantitative estimate of drug-likeness (QED) is 0.299. The van der Waals surface area contributed by atoms with Crippen LogP contribution >= 0.6 is 0 Å². The van der Waals surface area contributed by atoms with Crippen LogP contribution in [0, 0.1) is 0 Å². The van der Waals surface area contributed by atoms with E-state index >= 15 is 0 Å². The SMILES string of the molecule is CCc1ccccc1C=CCCN=[N+]=[N-]. The summed E-state index contributed by atoms with van der Waals surface area (Å²) in [4.78, 5) is 2.71. The molecule has 1 rings (SSSR count). The molecular formula is C12H15N3. The predicted molar refractivity (Wildman–Crippen MR) is 63.5 cm³/mol. The van der Waals surface area contributed by atoms with E-state index in [0.29, 0.717) is 6.54 Å². The first-order chi connectivity index (χ1) is 7.38. The third kappa shape index (κ3) is 3.88. The Hall–Kier alpha value is -1.73. The van der Waals surface area contributed by atoms with E-state index < -0.39 is 0 Å². The average molecular weight is 201 g/mol. The van der Waals surface area contributed by atoms with Gasteiger partial charge in [-0.05, 0) is 29.5 Å². The van der Waals surface area contributed by atoms with Crippen molar-refractivity contribution in [2.24, 2.45) is 5.11 Å². The van der Waals surface area contributed by atoms with E-state index in [9.17, 15) is 0 Å². The maximum Gasteiger partial charge on any atom is 0.0292 e. The molecule has 0 aliphatic heterocycles. The Kier molecular flexibility index (Phi) is 5.06. The molecule has 1 aromatic carbocycles. The fraction of sp³-hybridized carbons (Fsp3) is 0.333. The smallest absolute Gasteiger partial charge is 0.0292 e. The molecule has 0 N–H and O–H groups in total. The van der Waals surface area contributed by atoms with Gasteiger partial charge in [-0.25, -0.2) is 0 Å². The third-order valence-electron chi connectivity index (χ3n) is 2.19. The maximum atomic E-state index is 8.10. The number of aryl methyl sites for hydroxylation is 1. The molecule has 3 nitrogen and oxygen atoms in total. The van der Waals surface area contributed by atoms with Gasteiger partial charge in [0.15, 0.2) is 0 Å². The number of nitrogens with zero attached hydrogens (tertiary/aromatic N) is 3. The molecule has 78 valence electrons. The molecule has 0 atom stereocenters. The summed E-state index contributed by atoms with van der Waals surface area (Å²) >= 11 is 0. The molecule has 0 fully saturated rings. The normalized spacial score (nSPS) is 10.2. The molecule has 0 saturated carbocycles. The van der Waals surface area contributed by atoms with Crippen molar-refractivity contribution in [2.45, 2.75) is 19.8 Å². The number of azide groups is 1. The zero-order chi connectivity index (χ0) is 10.9. The molecule has 15 heavy (non-hydrogen) atoms. The predicted octanol–water partition coefficient (Wildman–Crippen LogP) is 3.96. The van der Waals surface area contributed by atoms with Gasteiger partial charge in [-0.2, -0.15) is 0 Å². The van der Waals surface area contributed by atoms with Crippen molar-refractivity contribution in [3.63, 3.8) is 0 Å². The highest BCUT2D eigenvalue weighted by molar-refractivity contribution is 5.53. The van der Waals surface area contributed by atoms with Crippen LogP contribution in [0.1, 0.15) is 24.5 Å². The molecule has 1 aromatic rings. The van der Waals surface area contributed by atoms with Gasteiger partial charge in [0.2, 0.25) is 0 Å². The minimum Gasteiger partial charge on any atom is -0.0937 e. The lowest BCUT2D eigenvalue weighted by Gasteiger charge is -2.01. The van der Waals surface area contributed by atoms with Crippen LogP contribution in [-0.4, -0.2) is 6.54 Å². The molecule has 0 spiro atoms. The minimum atomic E-state index is 0.529. The molecule has 0 amide bonds. The van der Waals surface area contributed by atoms with Crippen molar-refractivity contribution in [1.82, 2.24) is 0 Å². The van der Waals surface area contributed by atoms with Crippen molar-refractivity contribution >= 4 is 6.08 Å². The largest absolute Gasteiger partial charge is 0.0937 e. The first-order valence-corrected chi connectivity index (χ1v) is 5.13. The van der Waals surface area contributed by atoms with Crippen molar-refractivity contribution in [3.8, 4) is 0 Å². The van der Waals surface area contributed by atoms with Crippen LogP contribution in [0.4, 0.5) is 0 Å². The van der Waals surface area contributed by atoms with Crippen molar-refractivity contribution < 1.29 is 0 Å². The highest BCUT2D eigenvalue weighted by atomic mass is 15.1. The molecule has 0 aliphatic rings. The van der Waals surface area contributed by atoms with Gasteiger partial charge in [0.05, 0.1) is 0 Å². The first-order valence-electron chi connectivity index (χ1n) is 5.13. The van der Waals surface area contributed by atoms with E-state index in [2.05, 4.69) is 41.2 Å². The molecule has 3 heteroatoms. The average Bonchev–Trinajstić information content (AvgIpc) is 2.29. The van der Waals surface area contributed by atoms with Crippen molar-refractivity contribution in [2.75, 3.05) is 6.54 Å². The summed E-state index contributed by atoms with van der Waals surface area (Å²) < 4.78 is 0. The Morgan fingerprint density at radius 2 is 2.20 bits per heavy atom. The van der Waals surface area contributed by atoms with E-state index in [4.69, 9.17) is 5.53 Å². The highest BCUT2D eigenvalue weighted by Crippen LogP contribution is 2.11. The van der Waals surface area contributed by atoms with Crippen LogP contribution in [-0.2, 0) is 6.42 Å². The van der Waals surface area contributed by atoms with E-state index in [-0.39, 0.29) is 0 Å². The zero-order valence-electron chi connectivity index (χ0n) is 8.93. The highest BCUT2D eigenvalue weighted by Gasteiger charge is 1.93. The van der Waals surface area contributed by atoms with Gasteiger partial charge in [0.25, 0.3) is 0 Å². The van der Waals surface area contributed by atoms with Crippen LogP contribution < -0.4 is 0 Å². The minimum absolute atomic E-state index is 0.529. The van der Waals surface area contributed by atoms with Gasteiger partial charge in [-0.1, -0.05) is 48.5 Å². The summed E-state index contributed by atoms with van der Waals surface area (Å²) in [5, 5.41) is 3.47. The second-order valence-corrected chi connectivity index (χ2v) is 3.20. The van der Waals surface area contributed by atoms with Crippen molar-refractivity contribution in [1.29, 1.82) is 0 Å². The van der Waals surface area contributed by atoms with Gasteiger partial charge in [0, 0.05) is 11.5 Å². The monoisotopic (exact) mass is 201 g/mol.